The smallest absolute Gasteiger partial charge is 0.313 e. The van der Waals surface area contributed by atoms with Crippen LogP contribution in [0.1, 0.15) is 5.56 Å². The van der Waals surface area contributed by atoms with Gasteiger partial charge in [0.2, 0.25) is 5.95 Å². The van der Waals surface area contributed by atoms with E-state index in [0.717, 1.165) is 24.3 Å². The molecule has 0 fully saturated rings. The number of hydrogen-bond acceptors (Lipinski definition) is 15. The molecule has 3 aromatic carbocycles. The van der Waals surface area contributed by atoms with E-state index in [1.54, 1.807) is 0 Å². The van der Waals surface area contributed by atoms with Crippen molar-refractivity contribution in [3.05, 3.63) is 60.1 Å². The highest BCUT2D eigenvalue weighted by Crippen LogP contribution is 2.44. The van der Waals surface area contributed by atoms with E-state index in [1.807, 2.05) is 0 Å². The van der Waals surface area contributed by atoms with Crippen LogP contribution in [0.2, 0.25) is 0 Å². The summed E-state index contributed by atoms with van der Waals surface area (Å²) in [4.78, 5) is 4.63. The van der Waals surface area contributed by atoms with Crippen molar-refractivity contribution in [1.82, 2.24) is 9.97 Å². The third-order valence-electron chi connectivity index (χ3n) is 5.34. The summed E-state index contributed by atoms with van der Waals surface area (Å²) in [5, 5.41) is 32.8. The van der Waals surface area contributed by atoms with Crippen LogP contribution in [-0.4, -0.2) is 46.3 Å². The van der Waals surface area contributed by atoms with Crippen LogP contribution in [-0.2, 0) is 35.4 Å². The van der Waals surface area contributed by atoms with Gasteiger partial charge >= 0.3 is 6.08 Å². The van der Waals surface area contributed by atoms with Gasteiger partial charge in [0.15, 0.2) is 0 Å². The maximum atomic E-state index is 13.4. The number of phenols is 1. The first kappa shape index (κ1) is 30.9. The van der Waals surface area contributed by atoms with E-state index in [-0.39, 0.29) is 33.7 Å². The molecule has 0 aliphatic heterocycles. The molecule has 16 nitrogen and oxygen atoms in total. The molecule has 1 aromatic heterocycles. The number of aromatic hydroxyl groups is 1. The van der Waals surface area contributed by atoms with E-state index < -0.39 is 64.8 Å². The SMILES string of the molecule is Nc1ccc2cc(S(=O)(=O)O)c(CSOOO)c(O)c2c1N=Nc1ccc(Nc2cc(F)nc(F)n2)cc1S(=O)(=O)O. The van der Waals surface area contributed by atoms with Crippen molar-refractivity contribution in [1.29, 1.82) is 0 Å². The number of nitrogen functional groups attached to an aromatic ring is 1. The van der Waals surface area contributed by atoms with Crippen molar-refractivity contribution in [3.63, 3.8) is 0 Å². The Balaban J connectivity index is 1.83. The molecule has 0 aliphatic rings. The molecule has 1 heterocycles. The summed E-state index contributed by atoms with van der Waals surface area (Å²) in [6, 6.07) is 7.41. The lowest BCUT2D eigenvalue weighted by Crippen LogP contribution is -2.04. The first-order valence-corrected chi connectivity index (χ1v) is 14.6. The predicted octanol–water partition coefficient (Wildman–Crippen LogP) is 4.42. The third kappa shape index (κ3) is 6.85. The maximum Gasteiger partial charge on any atom is 0.313 e. The summed E-state index contributed by atoms with van der Waals surface area (Å²) in [6.07, 6.45) is -1.39. The van der Waals surface area contributed by atoms with Gasteiger partial charge in [-0.2, -0.15) is 35.6 Å². The van der Waals surface area contributed by atoms with Crippen LogP contribution in [0.25, 0.3) is 10.8 Å². The molecule has 0 spiro atoms. The fraction of sp³-hybridized carbons (Fsp3) is 0.0476. The Labute approximate surface area is 238 Å². The van der Waals surface area contributed by atoms with E-state index in [4.69, 9.17) is 11.0 Å². The Hall–Kier alpha value is -4.09. The Bertz CT molecular complexity index is 1930. The molecule has 0 atom stereocenters. The van der Waals surface area contributed by atoms with Gasteiger partial charge in [-0.3, -0.25) is 9.11 Å². The number of fused-ring (bicyclic) bond motifs is 1. The van der Waals surface area contributed by atoms with E-state index in [0.29, 0.717) is 12.0 Å². The van der Waals surface area contributed by atoms with Gasteiger partial charge in [0.25, 0.3) is 20.2 Å². The van der Waals surface area contributed by atoms with Gasteiger partial charge in [-0.25, -0.2) is 5.26 Å². The lowest BCUT2D eigenvalue weighted by atomic mass is 10.0. The summed E-state index contributed by atoms with van der Waals surface area (Å²) in [7, 11) is -9.85. The number of aromatic nitrogens is 2. The van der Waals surface area contributed by atoms with E-state index in [2.05, 4.69) is 34.9 Å². The zero-order valence-electron chi connectivity index (χ0n) is 20.3. The number of nitrogens with zero attached hydrogens (tertiary/aromatic N) is 4. The molecular formula is C21H16F2N6O10S3. The summed E-state index contributed by atoms with van der Waals surface area (Å²) in [6.45, 7) is 0. The maximum absolute atomic E-state index is 13.4. The average Bonchev–Trinajstić information content (AvgIpc) is 2.88. The van der Waals surface area contributed by atoms with Crippen molar-refractivity contribution < 1.29 is 54.5 Å². The van der Waals surface area contributed by atoms with Crippen LogP contribution >= 0.6 is 12.0 Å². The zero-order chi connectivity index (χ0) is 30.8. The van der Waals surface area contributed by atoms with Gasteiger partial charge in [-0.15, -0.1) is 14.6 Å². The zero-order valence-corrected chi connectivity index (χ0v) is 22.8. The van der Waals surface area contributed by atoms with Crippen molar-refractivity contribution in [2.75, 3.05) is 11.1 Å². The summed E-state index contributed by atoms with van der Waals surface area (Å²) < 4.78 is 98.5. The van der Waals surface area contributed by atoms with Crippen molar-refractivity contribution in [3.8, 4) is 5.75 Å². The van der Waals surface area contributed by atoms with Crippen molar-refractivity contribution in [2.24, 2.45) is 10.2 Å². The Morgan fingerprint density at radius 2 is 1.69 bits per heavy atom. The number of benzene rings is 3. The largest absolute Gasteiger partial charge is 0.507 e. The first-order valence-electron chi connectivity index (χ1n) is 10.8. The highest BCUT2D eigenvalue weighted by atomic mass is 32.2. The molecule has 4 aromatic rings. The van der Waals surface area contributed by atoms with Crippen LogP contribution in [0.3, 0.4) is 0 Å². The Morgan fingerprint density at radius 1 is 0.976 bits per heavy atom. The number of hydrogen-bond donors (Lipinski definition) is 6. The van der Waals surface area contributed by atoms with Gasteiger partial charge in [0.05, 0.1) is 16.8 Å². The molecule has 222 valence electrons. The molecule has 0 aliphatic carbocycles. The third-order valence-corrected chi connectivity index (χ3v) is 7.71. The average molecular weight is 647 g/mol. The molecule has 0 radical (unpaired) electrons. The first-order chi connectivity index (χ1) is 19.7. The minimum atomic E-state index is -4.97. The monoisotopic (exact) mass is 646 g/mol. The highest BCUT2D eigenvalue weighted by Gasteiger charge is 2.24. The fourth-order valence-corrected chi connectivity index (χ4v) is 5.65. The quantitative estimate of drug-likeness (QED) is 0.0160. The second kappa shape index (κ2) is 12.0. The fourth-order valence-electron chi connectivity index (χ4n) is 3.66. The lowest BCUT2D eigenvalue weighted by molar-refractivity contribution is -0.432. The van der Waals surface area contributed by atoms with Crippen LogP contribution in [0.15, 0.2) is 62.5 Å². The van der Waals surface area contributed by atoms with Crippen molar-refractivity contribution in [2.45, 2.75) is 15.5 Å². The molecule has 42 heavy (non-hydrogen) atoms. The topological polar surface area (TPSA) is 256 Å². The van der Waals surface area contributed by atoms with Crippen LogP contribution in [0, 0.1) is 12.0 Å². The summed E-state index contributed by atoms with van der Waals surface area (Å²) in [5.41, 5.74) is 4.68. The molecular weight excluding hydrogens is 630 g/mol. The van der Waals surface area contributed by atoms with E-state index in [9.17, 15) is 39.8 Å². The summed E-state index contributed by atoms with van der Waals surface area (Å²) in [5.74, 6) is -2.80. The highest BCUT2D eigenvalue weighted by molar-refractivity contribution is 7.93. The number of rotatable bonds is 10. The second-order valence-corrected chi connectivity index (χ2v) is 11.5. The van der Waals surface area contributed by atoms with E-state index >= 15 is 0 Å². The van der Waals surface area contributed by atoms with Gasteiger partial charge in [0, 0.05) is 29.4 Å². The molecule has 21 heteroatoms. The minimum Gasteiger partial charge on any atom is -0.507 e. The number of halogens is 2. The molecule has 0 bridgehead atoms. The normalized spacial score (nSPS) is 12.3. The minimum absolute atomic E-state index is 0.00946. The summed E-state index contributed by atoms with van der Waals surface area (Å²) >= 11 is 0.345. The van der Waals surface area contributed by atoms with E-state index in [1.165, 1.54) is 18.2 Å². The van der Waals surface area contributed by atoms with Crippen molar-refractivity contribution >= 4 is 71.6 Å². The molecule has 0 saturated heterocycles. The van der Waals surface area contributed by atoms with Gasteiger partial charge in [-0.1, -0.05) is 11.1 Å². The second-order valence-electron chi connectivity index (χ2n) is 8.01. The number of nitrogens with two attached hydrogens (primary N) is 1. The lowest BCUT2D eigenvalue weighted by Gasteiger charge is -2.14. The molecule has 0 unspecified atom stereocenters. The van der Waals surface area contributed by atoms with Gasteiger partial charge in [0.1, 0.15) is 32.7 Å². The van der Waals surface area contributed by atoms with Crippen LogP contribution in [0.4, 0.5) is 37.3 Å². The van der Waals surface area contributed by atoms with Crippen LogP contribution < -0.4 is 11.1 Å². The Morgan fingerprint density at radius 3 is 2.33 bits per heavy atom. The van der Waals surface area contributed by atoms with Gasteiger partial charge in [-0.05, 0) is 35.7 Å². The number of azo groups is 1. The molecule has 0 saturated carbocycles. The Kier molecular flexibility index (Phi) is 8.84. The molecule has 4 rings (SSSR count). The number of nitrogens with one attached hydrogen (secondary N) is 1. The molecule has 0 amide bonds. The van der Waals surface area contributed by atoms with Crippen LogP contribution in [0.5, 0.6) is 5.75 Å². The predicted molar refractivity (Wildman–Crippen MR) is 142 cm³/mol. The van der Waals surface area contributed by atoms with Gasteiger partial charge < -0.3 is 16.2 Å². The molecule has 7 N–H and O–H groups in total. The number of phenolic OH excluding ortho intramolecular Hbond substituents is 1. The number of anilines is 3. The standard InChI is InChI=1S/C21H16F2N6O10S3/c22-16-7-17(27-21(23)26-16)25-10-2-4-13(15(6-10)42(35,36)37)28-29-19-12(24)3-1-9-5-14(41(32,33)34)11(8-40-39-38-31)20(30)18(9)19/h1-7,30-31H,8,24H2,(H,25,26,27)(H,32,33,34)(H,35,36,37).